The molecule has 0 spiro atoms. The molecule has 3 N–H and O–H groups in total. The van der Waals surface area contributed by atoms with Crippen LogP contribution >= 0.6 is 0 Å². The summed E-state index contributed by atoms with van der Waals surface area (Å²) >= 11 is 0. The first-order valence-corrected chi connectivity index (χ1v) is 5.35. The minimum absolute atomic E-state index is 0.283. The fourth-order valence-electron chi connectivity index (χ4n) is 1.79. The minimum atomic E-state index is -1.26. The summed E-state index contributed by atoms with van der Waals surface area (Å²) in [6.07, 6.45) is 2.00. The van der Waals surface area contributed by atoms with Crippen LogP contribution in [-0.2, 0) is 11.2 Å². The Hall–Kier alpha value is -1.94. The molecule has 1 aromatic heterocycles. The van der Waals surface area contributed by atoms with E-state index in [0.29, 0.717) is 0 Å². The summed E-state index contributed by atoms with van der Waals surface area (Å²) in [5.74, 6) is -1.00. The van der Waals surface area contributed by atoms with Crippen molar-refractivity contribution in [3.05, 3.63) is 42.1 Å². The highest BCUT2D eigenvalue weighted by Crippen LogP contribution is 2.20. The van der Waals surface area contributed by atoms with Crippen molar-refractivity contribution in [1.82, 2.24) is 4.98 Å². The lowest BCUT2D eigenvalue weighted by Crippen LogP contribution is -2.46. The molecule has 0 saturated carbocycles. The van der Waals surface area contributed by atoms with E-state index in [1.807, 2.05) is 30.3 Å². The Morgan fingerprint density at radius 1 is 1.41 bits per heavy atom. The zero-order valence-corrected chi connectivity index (χ0v) is 9.55. The zero-order valence-electron chi connectivity index (χ0n) is 9.55. The van der Waals surface area contributed by atoms with E-state index >= 15 is 0 Å². The van der Waals surface area contributed by atoms with Gasteiger partial charge < -0.3 is 10.8 Å². The molecule has 0 amide bonds. The van der Waals surface area contributed by atoms with Crippen LogP contribution in [0.5, 0.6) is 0 Å². The van der Waals surface area contributed by atoms with E-state index < -0.39 is 11.5 Å². The van der Waals surface area contributed by atoms with Gasteiger partial charge in [-0.05, 0) is 24.6 Å². The lowest BCUT2D eigenvalue weighted by molar-refractivity contribution is -0.142. The monoisotopic (exact) mass is 230 g/mol. The number of nitrogens with two attached hydrogens (primary N) is 1. The maximum Gasteiger partial charge on any atom is 0.323 e. The van der Waals surface area contributed by atoms with Crippen LogP contribution in [0.2, 0.25) is 0 Å². The highest BCUT2D eigenvalue weighted by atomic mass is 16.4. The predicted octanol–water partition coefficient (Wildman–Crippen LogP) is 1.58. The average molecular weight is 230 g/mol. The van der Waals surface area contributed by atoms with Crippen LogP contribution in [0.3, 0.4) is 0 Å². The Bertz CT molecular complexity index is 559. The van der Waals surface area contributed by atoms with E-state index in [2.05, 4.69) is 4.98 Å². The Morgan fingerprint density at radius 3 is 2.88 bits per heavy atom. The fraction of sp³-hybridized carbons (Fsp3) is 0.231. The Kier molecular flexibility index (Phi) is 2.81. The van der Waals surface area contributed by atoms with Gasteiger partial charge in [-0.25, -0.2) is 0 Å². The number of pyridine rings is 1. The second-order valence-electron chi connectivity index (χ2n) is 4.39. The van der Waals surface area contributed by atoms with E-state index in [4.69, 9.17) is 10.8 Å². The standard InChI is InChI=1S/C13H14N2O2/c1-13(14,12(16)17)8-9-4-2-6-11-10(9)5-3-7-15-11/h2-7H,8,14H2,1H3,(H,16,17)/t13-/m1/s1. The molecule has 0 saturated heterocycles. The number of aliphatic carboxylic acids is 1. The molecule has 0 fully saturated rings. The van der Waals surface area contributed by atoms with Gasteiger partial charge in [-0.1, -0.05) is 18.2 Å². The summed E-state index contributed by atoms with van der Waals surface area (Å²) < 4.78 is 0. The number of rotatable bonds is 3. The summed E-state index contributed by atoms with van der Waals surface area (Å²) in [5.41, 5.74) is 6.26. The number of hydrogen-bond acceptors (Lipinski definition) is 3. The van der Waals surface area contributed by atoms with Crippen LogP contribution in [0.1, 0.15) is 12.5 Å². The van der Waals surface area contributed by atoms with Crippen molar-refractivity contribution < 1.29 is 9.90 Å². The number of carboxylic acid groups (broad SMARTS) is 1. The van der Waals surface area contributed by atoms with E-state index in [1.165, 1.54) is 6.92 Å². The number of aromatic nitrogens is 1. The van der Waals surface area contributed by atoms with Crippen LogP contribution in [0.4, 0.5) is 0 Å². The van der Waals surface area contributed by atoms with Crippen molar-refractivity contribution in [2.75, 3.05) is 0 Å². The van der Waals surface area contributed by atoms with Crippen molar-refractivity contribution in [3.8, 4) is 0 Å². The van der Waals surface area contributed by atoms with E-state index in [1.54, 1.807) is 6.20 Å². The summed E-state index contributed by atoms with van der Waals surface area (Å²) in [6.45, 7) is 1.52. The molecule has 1 heterocycles. The molecule has 1 aromatic carbocycles. The topological polar surface area (TPSA) is 76.2 Å². The number of benzene rings is 1. The van der Waals surface area contributed by atoms with Gasteiger partial charge in [0.2, 0.25) is 0 Å². The quantitative estimate of drug-likeness (QED) is 0.839. The first kappa shape index (κ1) is 11.5. The van der Waals surface area contributed by atoms with Gasteiger partial charge in [0.15, 0.2) is 0 Å². The lowest BCUT2D eigenvalue weighted by Gasteiger charge is -2.19. The molecular formula is C13H14N2O2. The molecule has 0 aliphatic rings. The van der Waals surface area contributed by atoms with Crippen molar-refractivity contribution in [2.45, 2.75) is 18.9 Å². The third-order valence-corrected chi connectivity index (χ3v) is 2.78. The molecular weight excluding hydrogens is 216 g/mol. The summed E-state index contributed by atoms with van der Waals surface area (Å²) in [6, 6.07) is 9.41. The van der Waals surface area contributed by atoms with Crippen LogP contribution < -0.4 is 5.73 Å². The maximum atomic E-state index is 11.0. The van der Waals surface area contributed by atoms with Crippen LogP contribution in [0.25, 0.3) is 10.9 Å². The predicted molar refractivity (Wildman–Crippen MR) is 65.7 cm³/mol. The van der Waals surface area contributed by atoms with Gasteiger partial charge in [0, 0.05) is 18.0 Å². The van der Waals surface area contributed by atoms with Crippen molar-refractivity contribution >= 4 is 16.9 Å². The largest absolute Gasteiger partial charge is 0.480 e. The van der Waals surface area contributed by atoms with E-state index in [0.717, 1.165) is 16.5 Å². The van der Waals surface area contributed by atoms with Gasteiger partial charge in [0.25, 0.3) is 0 Å². The van der Waals surface area contributed by atoms with Crippen LogP contribution in [0.15, 0.2) is 36.5 Å². The first-order chi connectivity index (χ1) is 8.00. The molecule has 0 aliphatic heterocycles. The van der Waals surface area contributed by atoms with Gasteiger partial charge in [-0.15, -0.1) is 0 Å². The molecule has 0 aliphatic carbocycles. The molecule has 4 nitrogen and oxygen atoms in total. The molecule has 2 rings (SSSR count). The number of nitrogens with zero attached hydrogens (tertiary/aromatic N) is 1. The Balaban J connectivity index is 2.46. The van der Waals surface area contributed by atoms with Gasteiger partial charge >= 0.3 is 5.97 Å². The molecule has 17 heavy (non-hydrogen) atoms. The van der Waals surface area contributed by atoms with Gasteiger partial charge in [0.05, 0.1) is 5.52 Å². The summed E-state index contributed by atoms with van der Waals surface area (Å²) in [4.78, 5) is 15.2. The zero-order chi connectivity index (χ0) is 12.5. The third kappa shape index (κ3) is 2.26. The summed E-state index contributed by atoms with van der Waals surface area (Å²) in [5, 5.41) is 9.99. The molecule has 0 unspecified atom stereocenters. The normalized spacial score (nSPS) is 14.5. The average Bonchev–Trinajstić information content (AvgIpc) is 2.29. The smallest absolute Gasteiger partial charge is 0.323 e. The molecule has 1 atom stereocenters. The third-order valence-electron chi connectivity index (χ3n) is 2.78. The molecule has 4 heteroatoms. The molecule has 88 valence electrons. The fourth-order valence-corrected chi connectivity index (χ4v) is 1.79. The van der Waals surface area contributed by atoms with E-state index in [9.17, 15) is 4.79 Å². The number of carbonyl (C=O) groups is 1. The van der Waals surface area contributed by atoms with Crippen molar-refractivity contribution in [2.24, 2.45) is 5.73 Å². The number of fused-ring (bicyclic) bond motifs is 1. The SMILES string of the molecule is C[C@@](N)(Cc1cccc2ncccc12)C(=O)O. The van der Waals surface area contributed by atoms with Gasteiger partial charge in [-0.2, -0.15) is 0 Å². The van der Waals surface area contributed by atoms with Gasteiger partial charge in [-0.3, -0.25) is 9.78 Å². The molecule has 0 bridgehead atoms. The Morgan fingerprint density at radius 2 is 2.18 bits per heavy atom. The maximum absolute atomic E-state index is 11.0. The van der Waals surface area contributed by atoms with Crippen molar-refractivity contribution in [1.29, 1.82) is 0 Å². The summed E-state index contributed by atoms with van der Waals surface area (Å²) in [7, 11) is 0. The number of hydrogen-bond donors (Lipinski definition) is 2. The molecule has 0 radical (unpaired) electrons. The molecule has 2 aromatic rings. The highest BCUT2D eigenvalue weighted by molar-refractivity contribution is 5.84. The Labute approximate surface area is 99.1 Å². The second kappa shape index (κ2) is 4.14. The van der Waals surface area contributed by atoms with Crippen LogP contribution in [-0.4, -0.2) is 21.6 Å². The van der Waals surface area contributed by atoms with Crippen LogP contribution in [0, 0.1) is 0 Å². The van der Waals surface area contributed by atoms with Gasteiger partial charge in [0.1, 0.15) is 5.54 Å². The lowest BCUT2D eigenvalue weighted by atomic mass is 9.92. The minimum Gasteiger partial charge on any atom is -0.480 e. The second-order valence-corrected chi connectivity index (χ2v) is 4.39. The number of carboxylic acids is 1. The van der Waals surface area contributed by atoms with Crippen molar-refractivity contribution in [3.63, 3.8) is 0 Å². The highest BCUT2D eigenvalue weighted by Gasteiger charge is 2.28. The van der Waals surface area contributed by atoms with E-state index in [-0.39, 0.29) is 6.42 Å². The first-order valence-electron chi connectivity index (χ1n) is 5.35.